The van der Waals surface area contributed by atoms with Gasteiger partial charge in [-0.15, -0.1) is 0 Å². The zero-order valence-corrected chi connectivity index (χ0v) is 14.9. The summed E-state index contributed by atoms with van der Waals surface area (Å²) < 4.78 is 5.32. The Hall–Kier alpha value is -2.05. The van der Waals surface area contributed by atoms with Crippen LogP contribution in [0.3, 0.4) is 0 Å². The van der Waals surface area contributed by atoms with Crippen LogP contribution in [0.15, 0.2) is 38.6 Å². The lowest BCUT2D eigenvalue weighted by molar-refractivity contribution is 0.559. The monoisotopic (exact) mass is 361 g/mol. The van der Waals surface area contributed by atoms with E-state index in [0.717, 1.165) is 28.6 Å². The molecule has 7 heteroatoms. The van der Waals surface area contributed by atoms with Crippen LogP contribution < -0.4 is 11.4 Å². The maximum atomic E-state index is 11.8. The number of halogens is 1. The highest BCUT2D eigenvalue weighted by molar-refractivity contribution is 7.98. The normalized spacial score (nSPS) is 11.1. The molecule has 0 spiro atoms. The van der Waals surface area contributed by atoms with Crippen LogP contribution >= 0.6 is 23.4 Å². The number of hydrogen-bond acceptors (Lipinski definition) is 6. The van der Waals surface area contributed by atoms with Gasteiger partial charge in [-0.25, -0.2) is 14.8 Å². The van der Waals surface area contributed by atoms with E-state index in [1.165, 1.54) is 17.8 Å². The summed E-state index contributed by atoms with van der Waals surface area (Å²) in [6.07, 6.45) is 0.772. The molecule has 0 fully saturated rings. The van der Waals surface area contributed by atoms with Crippen molar-refractivity contribution in [1.82, 2.24) is 9.97 Å². The number of nitrogen functional groups attached to an aromatic ring is 1. The molecule has 24 heavy (non-hydrogen) atoms. The van der Waals surface area contributed by atoms with Crippen molar-refractivity contribution in [1.29, 1.82) is 0 Å². The molecule has 2 aromatic heterocycles. The average molecular weight is 362 g/mol. The van der Waals surface area contributed by atoms with E-state index in [4.69, 9.17) is 21.8 Å². The summed E-state index contributed by atoms with van der Waals surface area (Å²) in [7, 11) is 0. The average Bonchev–Trinajstić information content (AvgIpc) is 2.51. The van der Waals surface area contributed by atoms with Gasteiger partial charge in [-0.05, 0) is 36.6 Å². The zero-order chi connectivity index (χ0) is 17.3. The van der Waals surface area contributed by atoms with Crippen LogP contribution in [0.25, 0.3) is 11.0 Å². The van der Waals surface area contributed by atoms with Crippen molar-refractivity contribution < 1.29 is 4.42 Å². The first-order chi connectivity index (χ1) is 11.5. The number of fused-ring (bicyclic) bond motifs is 1. The fourth-order valence-corrected chi connectivity index (χ4v) is 3.65. The molecule has 3 rings (SSSR count). The van der Waals surface area contributed by atoms with Crippen molar-refractivity contribution in [2.75, 3.05) is 5.73 Å². The largest absolute Gasteiger partial charge is 0.423 e. The molecule has 5 nitrogen and oxygen atoms in total. The molecule has 2 heterocycles. The van der Waals surface area contributed by atoms with Gasteiger partial charge >= 0.3 is 5.63 Å². The summed E-state index contributed by atoms with van der Waals surface area (Å²) in [5.74, 6) is 0.949. The van der Waals surface area contributed by atoms with E-state index in [9.17, 15) is 4.79 Å². The van der Waals surface area contributed by atoms with Gasteiger partial charge in [-0.2, -0.15) is 0 Å². The van der Waals surface area contributed by atoms with E-state index in [0.29, 0.717) is 27.3 Å². The molecule has 0 aliphatic rings. The summed E-state index contributed by atoms with van der Waals surface area (Å²) >= 11 is 7.72. The molecule has 0 saturated carbocycles. The standard InChI is InChI=1S/C17H16ClN3O2S/c1-3-10-5-14-12(7-13(10)18)11(6-16(22)23-14)8-24-17-20-9(2)4-15(19)21-17/h4-7H,3,8H2,1-2H3,(H2,19,20,21). The van der Waals surface area contributed by atoms with Crippen LogP contribution in [0.4, 0.5) is 5.82 Å². The lowest BCUT2D eigenvalue weighted by Gasteiger charge is -2.08. The molecule has 0 aliphatic carbocycles. The predicted molar refractivity (Wildman–Crippen MR) is 97.6 cm³/mol. The summed E-state index contributed by atoms with van der Waals surface area (Å²) in [6.45, 7) is 3.87. The molecule has 0 unspecified atom stereocenters. The Morgan fingerprint density at radius 3 is 2.71 bits per heavy atom. The van der Waals surface area contributed by atoms with Crippen LogP contribution in [-0.4, -0.2) is 9.97 Å². The van der Waals surface area contributed by atoms with E-state index >= 15 is 0 Å². The molecule has 0 bridgehead atoms. The molecule has 124 valence electrons. The topological polar surface area (TPSA) is 82.0 Å². The van der Waals surface area contributed by atoms with Crippen molar-refractivity contribution in [2.45, 2.75) is 31.2 Å². The lowest BCUT2D eigenvalue weighted by atomic mass is 10.1. The Kier molecular flexibility index (Phi) is 4.78. The number of nitrogens with two attached hydrogens (primary N) is 1. The first-order valence-electron chi connectivity index (χ1n) is 7.45. The van der Waals surface area contributed by atoms with Crippen molar-refractivity contribution in [2.24, 2.45) is 0 Å². The number of aromatic nitrogens is 2. The van der Waals surface area contributed by atoms with Crippen molar-refractivity contribution in [3.63, 3.8) is 0 Å². The predicted octanol–water partition coefficient (Wildman–Crippen LogP) is 3.98. The van der Waals surface area contributed by atoms with E-state index in [1.54, 1.807) is 6.07 Å². The quantitative estimate of drug-likeness (QED) is 0.430. The molecule has 0 aliphatic heterocycles. The van der Waals surface area contributed by atoms with Crippen molar-refractivity contribution in [3.8, 4) is 0 Å². The summed E-state index contributed by atoms with van der Waals surface area (Å²) in [4.78, 5) is 20.4. The Labute approximate surface area is 148 Å². The highest BCUT2D eigenvalue weighted by Crippen LogP contribution is 2.29. The zero-order valence-electron chi connectivity index (χ0n) is 13.3. The summed E-state index contributed by atoms with van der Waals surface area (Å²) in [5, 5.41) is 2.07. The summed E-state index contributed by atoms with van der Waals surface area (Å²) in [6, 6.07) is 6.87. The highest BCUT2D eigenvalue weighted by Gasteiger charge is 2.11. The SMILES string of the molecule is CCc1cc2oc(=O)cc(CSc3nc(C)cc(N)n3)c2cc1Cl. The van der Waals surface area contributed by atoms with Crippen LogP contribution in [0.2, 0.25) is 5.02 Å². The number of aryl methyl sites for hydroxylation is 2. The second kappa shape index (κ2) is 6.83. The van der Waals surface area contributed by atoms with Gasteiger partial charge in [0.25, 0.3) is 0 Å². The van der Waals surface area contributed by atoms with Crippen LogP contribution in [0.5, 0.6) is 0 Å². The maximum absolute atomic E-state index is 11.8. The molecule has 0 amide bonds. The van der Waals surface area contributed by atoms with Gasteiger partial charge in [0.2, 0.25) is 0 Å². The van der Waals surface area contributed by atoms with E-state index < -0.39 is 0 Å². The first kappa shape index (κ1) is 16.8. The third kappa shape index (κ3) is 3.55. The molecule has 2 N–H and O–H groups in total. The first-order valence-corrected chi connectivity index (χ1v) is 8.81. The van der Waals surface area contributed by atoms with Gasteiger partial charge in [-0.1, -0.05) is 30.3 Å². The molecular formula is C17H16ClN3O2S. The molecule has 3 aromatic rings. The minimum atomic E-state index is -0.382. The van der Waals surface area contributed by atoms with E-state index in [1.807, 2.05) is 26.0 Å². The minimum absolute atomic E-state index is 0.382. The van der Waals surface area contributed by atoms with Gasteiger partial charge in [0.1, 0.15) is 11.4 Å². The van der Waals surface area contributed by atoms with Crippen molar-refractivity contribution in [3.05, 3.63) is 56.5 Å². The van der Waals surface area contributed by atoms with E-state index in [-0.39, 0.29) is 5.63 Å². The van der Waals surface area contributed by atoms with Gasteiger partial charge in [0.15, 0.2) is 5.16 Å². The molecule has 0 saturated heterocycles. The highest BCUT2D eigenvalue weighted by atomic mass is 35.5. The summed E-state index contributed by atoms with van der Waals surface area (Å²) in [5.41, 5.74) is 8.50. The van der Waals surface area contributed by atoms with Crippen LogP contribution in [0, 0.1) is 6.92 Å². The number of benzene rings is 1. The third-order valence-corrected chi connectivity index (χ3v) is 4.84. The Morgan fingerprint density at radius 2 is 2.00 bits per heavy atom. The molecule has 0 radical (unpaired) electrons. The Bertz CT molecular complexity index is 952. The van der Waals surface area contributed by atoms with Crippen LogP contribution in [0.1, 0.15) is 23.7 Å². The second-order valence-corrected chi connectivity index (χ2v) is 6.74. The van der Waals surface area contributed by atoms with E-state index in [2.05, 4.69) is 9.97 Å². The smallest absolute Gasteiger partial charge is 0.336 e. The Morgan fingerprint density at radius 1 is 1.21 bits per heavy atom. The number of hydrogen-bond donors (Lipinski definition) is 1. The van der Waals surface area contributed by atoms with Gasteiger partial charge in [0, 0.05) is 34.0 Å². The van der Waals surface area contributed by atoms with Gasteiger partial charge < -0.3 is 10.2 Å². The fraction of sp³-hybridized carbons (Fsp3) is 0.235. The van der Waals surface area contributed by atoms with Gasteiger partial charge in [0.05, 0.1) is 0 Å². The second-order valence-electron chi connectivity index (χ2n) is 5.39. The number of rotatable bonds is 4. The maximum Gasteiger partial charge on any atom is 0.336 e. The number of thioether (sulfide) groups is 1. The van der Waals surface area contributed by atoms with Crippen LogP contribution in [-0.2, 0) is 12.2 Å². The molecule has 1 aromatic carbocycles. The minimum Gasteiger partial charge on any atom is -0.423 e. The molecule has 0 atom stereocenters. The third-order valence-electron chi connectivity index (χ3n) is 3.59. The molecular weight excluding hydrogens is 346 g/mol. The lowest BCUT2D eigenvalue weighted by Crippen LogP contribution is -2.01. The number of nitrogens with zero attached hydrogens (tertiary/aromatic N) is 2. The number of anilines is 1. The Balaban J connectivity index is 1.99. The van der Waals surface area contributed by atoms with Crippen molar-refractivity contribution >= 4 is 40.1 Å². The fourth-order valence-electron chi connectivity index (χ4n) is 2.45. The van der Waals surface area contributed by atoms with Gasteiger partial charge in [-0.3, -0.25) is 0 Å².